The summed E-state index contributed by atoms with van der Waals surface area (Å²) in [6.07, 6.45) is 1.80. The van der Waals surface area contributed by atoms with Gasteiger partial charge >= 0.3 is 0 Å². The van der Waals surface area contributed by atoms with Crippen LogP contribution >= 0.6 is 0 Å². The molecule has 1 aromatic heterocycles. The van der Waals surface area contributed by atoms with Crippen LogP contribution in [0.1, 0.15) is 12.7 Å². The summed E-state index contributed by atoms with van der Waals surface area (Å²) in [5.41, 5.74) is 0.218. The Morgan fingerprint density at radius 2 is 1.81 bits per heavy atom. The van der Waals surface area contributed by atoms with E-state index in [0.717, 1.165) is 0 Å². The van der Waals surface area contributed by atoms with Crippen LogP contribution in [0.4, 0.5) is 5.69 Å². The standard InChI is InChI=1S/C11H14N4O4S2/c1-2-10-13-7-11(14-10)21(18,19)15-8-3-5-9(6-4-8)20(12,16)17/h3-7,15H,2H2,1H3,(H,13,14)(H2,12,16,17). The number of anilines is 1. The molecular weight excluding hydrogens is 316 g/mol. The van der Waals surface area contributed by atoms with Gasteiger partial charge in [0.1, 0.15) is 5.82 Å². The highest BCUT2D eigenvalue weighted by molar-refractivity contribution is 7.92. The van der Waals surface area contributed by atoms with Gasteiger partial charge in [-0.15, -0.1) is 0 Å². The van der Waals surface area contributed by atoms with Gasteiger partial charge in [0, 0.05) is 12.1 Å². The van der Waals surface area contributed by atoms with Crippen LogP contribution in [0, 0.1) is 0 Å². The van der Waals surface area contributed by atoms with Gasteiger partial charge in [0.2, 0.25) is 10.0 Å². The number of sulfonamides is 2. The zero-order chi connectivity index (χ0) is 15.7. The van der Waals surface area contributed by atoms with Crippen molar-refractivity contribution in [2.45, 2.75) is 23.3 Å². The van der Waals surface area contributed by atoms with Crippen molar-refractivity contribution in [3.05, 3.63) is 36.3 Å². The second-order valence-corrected chi connectivity index (χ2v) is 7.43. The average molecular weight is 330 g/mol. The Morgan fingerprint density at radius 1 is 1.19 bits per heavy atom. The van der Waals surface area contributed by atoms with Crippen LogP contribution in [0.5, 0.6) is 0 Å². The number of aryl methyl sites for hydroxylation is 1. The summed E-state index contributed by atoms with van der Waals surface area (Å²) >= 11 is 0. The fourth-order valence-electron chi connectivity index (χ4n) is 1.58. The molecule has 114 valence electrons. The monoisotopic (exact) mass is 330 g/mol. The number of aromatic amines is 1. The number of nitrogens with two attached hydrogens (primary N) is 1. The van der Waals surface area contributed by atoms with Crippen molar-refractivity contribution in [2.24, 2.45) is 5.14 Å². The van der Waals surface area contributed by atoms with E-state index in [1.165, 1.54) is 30.5 Å². The Hall–Kier alpha value is -1.91. The molecule has 10 heteroatoms. The molecule has 2 aromatic rings. The quantitative estimate of drug-likeness (QED) is 0.730. The van der Waals surface area contributed by atoms with Crippen LogP contribution in [0.2, 0.25) is 0 Å². The third kappa shape index (κ3) is 3.60. The molecule has 0 amide bonds. The fraction of sp³-hybridized carbons (Fsp3) is 0.182. The van der Waals surface area contributed by atoms with Crippen molar-refractivity contribution in [3.8, 4) is 0 Å². The molecule has 8 nitrogen and oxygen atoms in total. The van der Waals surface area contributed by atoms with Gasteiger partial charge in [-0.3, -0.25) is 4.72 Å². The maximum absolute atomic E-state index is 12.1. The molecule has 0 bridgehead atoms. The largest absolute Gasteiger partial charge is 0.332 e. The molecule has 0 saturated heterocycles. The molecule has 1 aromatic carbocycles. The van der Waals surface area contributed by atoms with Crippen molar-refractivity contribution in [1.82, 2.24) is 9.97 Å². The summed E-state index contributed by atoms with van der Waals surface area (Å²) in [6, 6.07) is 5.07. The van der Waals surface area contributed by atoms with Crippen LogP contribution in [0.25, 0.3) is 0 Å². The molecule has 0 unspecified atom stereocenters. The van der Waals surface area contributed by atoms with E-state index in [1.807, 2.05) is 6.92 Å². The number of aromatic nitrogens is 2. The van der Waals surface area contributed by atoms with Gasteiger partial charge in [-0.05, 0) is 24.3 Å². The van der Waals surface area contributed by atoms with Crippen LogP contribution in [-0.2, 0) is 26.5 Å². The van der Waals surface area contributed by atoms with Gasteiger partial charge in [-0.2, -0.15) is 8.42 Å². The summed E-state index contributed by atoms with van der Waals surface area (Å²) in [5, 5.41) is 4.90. The number of benzene rings is 1. The minimum Gasteiger partial charge on any atom is -0.332 e. The third-order valence-corrected chi connectivity index (χ3v) is 4.88. The number of rotatable bonds is 5. The zero-order valence-electron chi connectivity index (χ0n) is 11.1. The first-order valence-corrected chi connectivity index (χ1v) is 8.95. The van der Waals surface area contributed by atoms with Crippen molar-refractivity contribution in [1.29, 1.82) is 0 Å². The average Bonchev–Trinajstić information content (AvgIpc) is 2.87. The van der Waals surface area contributed by atoms with Crippen LogP contribution < -0.4 is 9.86 Å². The Balaban J connectivity index is 2.24. The topological polar surface area (TPSA) is 135 Å². The smallest absolute Gasteiger partial charge is 0.278 e. The Kier molecular flexibility index (Phi) is 4.03. The summed E-state index contributed by atoms with van der Waals surface area (Å²) in [6.45, 7) is 1.84. The number of H-pyrrole nitrogens is 1. The molecule has 0 radical (unpaired) electrons. The summed E-state index contributed by atoms with van der Waals surface area (Å²) in [7, 11) is -7.61. The minimum atomic E-state index is -3.81. The number of primary sulfonamides is 1. The van der Waals surface area contributed by atoms with Crippen molar-refractivity contribution >= 4 is 25.7 Å². The van der Waals surface area contributed by atoms with Crippen molar-refractivity contribution < 1.29 is 16.8 Å². The zero-order valence-corrected chi connectivity index (χ0v) is 12.7. The lowest BCUT2D eigenvalue weighted by Gasteiger charge is -2.06. The molecule has 0 atom stereocenters. The van der Waals surface area contributed by atoms with Gasteiger partial charge in [-0.1, -0.05) is 6.92 Å². The SMILES string of the molecule is CCc1ncc(S(=O)(=O)Nc2ccc(S(N)(=O)=O)cc2)[nH]1. The van der Waals surface area contributed by atoms with Crippen LogP contribution in [0.15, 0.2) is 40.4 Å². The molecule has 0 saturated carbocycles. The molecule has 0 fully saturated rings. The Labute approximate surface area is 122 Å². The van der Waals surface area contributed by atoms with Gasteiger partial charge in [0.15, 0.2) is 5.03 Å². The Morgan fingerprint density at radius 3 is 2.29 bits per heavy atom. The van der Waals surface area contributed by atoms with E-state index in [9.17, 15) is 16.8 Å². The van der Waals surface area contributed by atoms with E-state index < -0.39 is 20.0 Å². The van der Waals surface area contributed by atoms with Gasteiger partial charge in [-0.25, -0.2) is 18.5 Å². The number of nitrogens with zero attached hydrogens (tertiary/aromatic N) is 1. The predicted molar refractivity (Wildman–Crippen MR) is 76.6 cm³/mol. The molecule has 0 spiro atoms. The maximum atomic E-state index is 12.1. The lowest BCUT2D eigenvalue weighted by molar-refractivity contribution is 0.596. The summed E-state index contributed by atoms with van der Waals surface area (Å²) in [4.78, 5) is 6.50. The number of hydrogen-bond donors (Lipinski definition) is 3. The third-order valence-electron chi connectivity index (χ3n) is 2.66. The van der Waals surface area contributed by atoms with Gasteiger partial charge in [0.25, 0.3) is 10.0 Å². The van der Waals surface area contributed by atoms with Gasteiger partial charge in [0.05, 0.1) is 11.1 Å². The number of nitrogens with one attached hydrogen (secondary N) is 2. The molecule has 0 aliphatic rings. The summed E-state index contributed by atoms with van der Waals surface area (Å²) in [5.74, 6) is 0.556. The predicted octanol–water partition coefficient (Wildman–Crippen LogP) is 0.420. The lowest BCUT2D eigenvalue weighted by Crippen LogP contribution is -2.14. The highest BCUT2D eigenvalue weighted by Gasteiger charge is 2.17. The van der Waals surface area contributed by atoms with Crippen molar-refractivity contribution in [2.75, 3.05) is 4.72 Å². The first-order valence-electron chi connectivity index (χ1n) is 5.92. The van der Waals surface area contributed by atoms with Gasteiger partial charge < -0.3 is 4.98 Å². The summed E-state index contributed by atoms with van der Waals surface area (Å²) < 4.78 is 48.7. The van der Waals surface area contributed by atoms with E-state index in [4.69, 9.17) is 5.14 Å². The lowest BCUT2D eigenvalue weighted by atomic mass is 10.3. The molecule has 4 N–H and O–H groups in total. The minimum absolute atomic E-state index is 0.0603. The van der Waals surface area contributed by atoms with E-state index in [-0.39, 0.29) is 15.6 Å². The number of hydrogen-bond acceptors (Lipinski definition) is 5. The van der Waals surface area contributed by atoms with Crippen LogP contribution in [-0.4, -0.2) is 26.8 Å². The van der Waals surface area contributed by atoms with Crippen LogP contribution in [0.3, 0.4) is 0 Å². The molecule has 21 heavy (non-hydrogen) atoms. The molecule has 0 aliphatic heterocycles. The highest BCUT2D eigenvalue weighted by Crippen LogP contribution is 2.17. The molecular formula is C11H14N4O4S2. The second kappa shape index (κ2) is 5.47. The first kappa shape index (κ1) is 15.5. The first-order chi connectivity index (χ1) is 9.72. The van der Waals surface area contributed by atoms with E-state index >= 15 is 0 Å². The Bertz CT molecular complexity index is 839. The highest BCUT2D eigenvalue weighted by atomic mass is 32.2. The number of imidazole rings is 1. The van der Waals surface area contributed by atoms with E-state index in [0.29, 0.717) is 12.2 Å². The molecule has 1 heterocycles. The molecule has 0 aliphatic carbocycles. The maximum Gasteiger partial charge on any atom is 0.278 e. The van der Waals surface area contributed by atoms with E-state index in [1.54, 1.807) is 0 Å². The van der Waals surface area contributed by atoms with E-state index in [2.05, 4.69) is 14.7 Å². The second-order valence-electron chi connectivity index (χ2n) is 4.22. The fourth-order valence-corrected chi connectivity index (χ4v) is 3.10. The normalized spacial score (nSPS) is 12.3. The molecule has 2 rings (SSSR count). The van der Waals surface area contributed by atoms with Crippen molar-refractivity contribution in [3.63, 3.8) is 0 Å².